The molecule has 0 aliphatic heterocycles. The number of halogens is 4. The van der Waals surface area contributed by atoms with Gasteiger partial charge in [0.15, 0.2) is 0 Å². The fourth-order valence-electron chi connectivity index (χ4n) is 12.3. The van der Waals surface area contributed by atoms with E-state index in [0.717, 1.165) is 15.9 Å². The average Bonchev–Trinajstić information content (AvgIpc) is 0.867. The Hall–Kier alpha value is -8.71. The Bertz CT molecular complexity index is 4110. The molecule has 0 aliphatic rings. The van der Waals surface area contributed by atoms with Crippen molar-refractivity contribution in [3.8, 4) is 0 Å². The molecule has 0 unspecified atom stereocenters. The summed E-state index contributed by atoms with van der Waals surface area (Å²) in [6.07, 6.45) is 1.14. The van der Waals surface area contributed by atoms with E-state index < -0.39 is 0 Å². The second kappa shape index (κ2) is 68.3. The number of benzene rings is 13. The lowest BCUT2D eigenvalue weighted by molar-refractivity contribution is 0.626. The highest BCUT2D eigenvalue weighted by Gasteiger charge is 2.07. The molecule has 0 saturated heterocycles. The third-order valence-corrected chi connectivity index (χ3v) is 23.9. The van der Waals surface area contributed by atoms with E-state index in [1.807, 2.05) is 30.3 Å². The maximum Gasteiger partial charge on any atom is 0.123 e. The zero-order valence-electron chi connectivity index (χ0n) is 88.4. The van der Waals surface area contributed by atoms with Crippen molar-refractivity contribution >= 4 is 50.1 Å². The molecule has 0 amide bonds. The molecule has 13 aromatic carbocycles. The molecule has 714 valence electrons. The summed E-state index contributed by atoms with van der Waals surface area (Å²) < 4.78 is 14.8. The minimum absolute atomic E-state index is 0.163. The van der Waals surface area contributed by atoms with Crippen LogP contribution in [0.3, 0.4) is 0 Å². The van der Waals surface area contributed by atoms with Crippen LogP contribution in [0.15, 0.2) is 326 Å². The van der Waals surface area contributed by atoms with Crippen molar-refractivity contribution in [3.63, 3.8) is 0 Å². The molecule has 0 bridgehead atoms. The van der Waals surface area contributed by atoms with Crippen LogP contribution in [0.1, 0.15) is 400 Å². The topological polar surface area (TPSA) is 0 Å². The quantitative estimate of drug-likeness (QED) is 0.0898. The number of aryl methyl sites for hydroxylation is 7. The Morgan fingerprint density at radius 2 is 0.348 bits per heavy atom. The van der Waals surface area contributed by atoms with Gasteiger partial charge in [-0.05, 0) is 285 Å². The van der Waals surface area contributed by atoms with Gasteiger partial charge in [0.25, 0.3) is 0 Å². The van der Waals surface area contributed by atoms with Gasteiger partial charge in [-0.3, -0.25) is 0 Å². The lowest BCUT2D eigenvalue weighted by Gasteiger charge is -2.08. The molecule has 0 nitrogen and oxygen atoms in total. The van der Waals surface area contributed by atoms with E-state index in [4.69, 9.17) is 11.6 Å². The highest BCUT2D eigenvalue weighted by Crippen LogP contribution is 2.25. The van der Waals surface area contributed by atoms with E-state index in [9.17, 15) is 4.39 Å². The van der Waals surface area contributed by atoms with Crippen LogP contribution in [0.2, 0.25) is 5.02 Å². The van der Waals surface area contributed by atoms with Crippen LogP contribution >= 0.6 is 50.1 Å². The first-order chi connectivity index (χ1) is 62.1. The highest BCUT2D eigenvalue weighted by molar-refractivity contribution is 14.1. The van der Waals surface area contributed by atoms with Gasteiger partial charge in [0, 0.05) is 13.1 Å². The van der Waals surface area contributed by atoms with Crippen LogP contribution in [0, 0.1) is 50.9 Å². The summed E-state index contributed by atoms with van der Waals surface area (Å²) in [5, 5.41) is 0.810. The Morgan fingerprint density at radius 3 is 0.523 bits per heavy atom. The minimum Gasteiger partial charge on any atom is -0.207 e. The van der Waals surface area contributed by atoms with Gasteiger partial charge >= 0.3 is 0 Å². The molecule has 0 heterocycles. The third-order valence-electron chi connectivity index (χ3n) is 22.4. The summed E-state index contributed by atoms with van der Waals surface area (Å²) in [5.41, 5.74) is 29.0. The fraction of sp³-hybridized carbons (Fsp3) is 0.391. The van der Waals surface area contributed by atoms with Gasteiger partial charge in [-0.15, -0.1) is 0 Å². The van der Waals surface area contributed by atoms with E-state index in [1.54, 1.807) is 0 Å². The van der Waals surface area contributed by atoms with E-state index in [0.29, 0.717) is 82.9 Å². The van der Waals surface area contributed by atoms with Gasteiger partial charge in [-0.25, -0.2) is 4.39 Å². The standard InChI is InChI=1S/C12H18.C11H16.6C10H14.C9H11Br.C9H11Cl.C9H11F.C9H11I.C9H12/c1-9(2)11-5-7-12(8-6-11)10(3)4;1-4-10-5-7-11(8-6-10)9(2)3;6*1-8(2)10-6-4-9(3)5-7-10;4*1-7(2)8-3-5-9(10)6-4-8;1-8(2)9-6-4-3-5-7-9/h5-10H,1-4H3;5-9H,4H2,1-3H3;6*4-8H,1-3H3;4*3-7H,1-2H3;3-8H,1-2H3. The van der Waals surface area contributed by atoms with Crippen LogP contribution in [0.25, 0.3) is 0 Å². The van der Waals surface area contributed by atoms with Gasteiger partial charge in [-0.2, -0.15) is 0 Å². The molecule has 132 heavy (non-hydrogen) atoms. The summed E-state index contributed by atoms with van der Waals surface area (Å²) in [6.45, 7) is 76.5. The summed E-state index contributed by atoms with van der Waals surface area (Å²) in [4.78, 5) is 0. The monoisotopic (exact) mass is 1970 g/mol. The van der Waals surface area contributed by atoms with Crippen molar-refractivity contribution in [3.05, 3.63) is 457 Å². The van der Waals surface area contributed by atoms with Gasteiger partial charge in [0.1, 0.15) is 5.82 Å². The van der Waals surface area contributed by atoms with Crippen molar-refractivity contribution < 1.29 is 4.39 Å². The third kappa shape index (κ3) is 55.8. The molecule has 0 aliphatic carbocycles. The van der Waals surface area contributed by atoms with Crippen LogP contribution < -0.4 is 0 Å². The number of rotatable bonds is 15. The first-order valence-electron chi connectivity index (χ1n) is 48.8. The maximum absolute atomic E-state index is 12.4. The smallest absolute Gasteiger partial charge is 0.123 e. The molecule has 0 spiro atoms. The van der Waals surface area contributed by atoms with Crippen molar-refractivity contribution in [1.82, 2.24) is 0 Å². The van der Waals surface area contributed by atoms with Gasteiger partial charge in [0.2, 0.25) is 0 Å². The van der Waals surface area contributed by atoms with E-state index in [1.165, 1.54) is 133 Å². The molecule has 0 atom stereocenters. The van der Waals surface area contributed by atoms with Crippen LogP contribution in [-0.2, 0) is 6.42 Å². The molecule has 0 radical (unpaired) electrons. The zero-order chi connectivity index (χ0) is 99.7. The predicted octanol–water partition coefficient (Wildman–Crippen LogP) is 42.2. The second-order valence-corrected chi connectivity index (χ2v) is 41.6. The summed E-state index contributed by atoms with van der Waals surface area (Å²) >= 11 is 11.4. The molecule has 0 fully saturated rings. The van der Waals surface area contributed by atoms with Crippen molar-refractivity contribution in [2.75, 3.05) is 0 Å². The lowest BCUT2D eigenvalue weighted by atomic mass is 9.97. The molecular weight excluding hydrogens is 1800 g/mol. The number of hydrogen-bond acceptors (Lipinski definition) is 0. The molecule has 0 saturated carbocycles. The molecule has 13 rings (SSSR count). The van der Waals surface area contributed by atoms with Crippen LogP contribution in [-0.4, -0.2) is 0 Å². The Kier molecular flexibility index (Phi) is 62.8. The van der Waals surface area contributed by atoms with E-state index in [-0.39, 0.29) is 5.82 Å². The fourth-order valence-corrected chi connectivity index (χ4v) is 13.1. The summed E-state index contributed by atoms with van der Waals surface area (Å²) in [7, 11) is 0. The zero-order valence-corrected chi connectivity index (χ0v) is 92.9. The normalized spacial score (nSPS) is 10.5. The van der Waals surface area contributed by atoms with Crippen molar-refractivity contribution in [1.29, 1.82) is 0 Å². The van der Waals surface area contributed by atoms with E-state index in [2.05, 4.69) is 560 Å². The van der Waals surface area contributed by atoms with Gasteiger partial charge in [0.05, 0.1) is 0 Å². The Balaban J connectivity index is 0.000000715. The lowest BCUT2D eigenvalue weighted by Crippen LogP contribution is -1.90. The minimum atomic E-state index is -0.163. The summed E-state index contributed by atoms with van der Waals surface area (Å²) in [5.74, 6) is 8.72. The molecule has 4 heteroatoms. The van der Waals surface area contributed by atoms with Crippen molar-refractivity contribution in [2.45, 2.75) is 332 Å². The van der Waals surface area contributed by atoms with Gasteiger partial charge in [-0.1, -0.05) is 535 Å². The first-order valence-corrected chi connectivity index (χ1v) is 51.0. The average molecular weight is 1970 g/mol. The second-order valence-electron chi connectivity index (χ2n) is 39.0. The van der Waals surface area contributed by atoms with Gasteiger partial charge < -0.3 is 0 Å². The molecule has 0 aromatic heterocycles. The van der Waals surface area contributed by atoms with Crippen LogP contribution in [0.4, 0.5) is 4.39 Å². The first kappa shape index (κ1) is 121. The molecule has 0 N–H and O–H groups in total. The molecular formula is C128H174BrClFI. The Morgan fingerprint density at radius 1 is 0.205 bits per heavy atom. The Labute approximate surface area is 836 Å². The van der Waals surface area contributed by atoms with Crippen molar-refractivity contribution in [2.24, 2.45) is 0 Å². The maximum atomic E-state index is 12.4. The van der Waals surface area contributed by atoms with Crippen LogP contribution in [0.5, 0.6) is 0 Å². The van der Waals surface area contributed by atoms with E-state index >= 15 is 0 Å². The summed E-state index contributed by atoms with van der Waals surface area (Å²) in [6, 6.07) is 112. The highest BCUT2D eigenvalue weighted by atomic mass is 127. The SMILES string of the molecule is CC(C)c1ccc(Br)cc1.CC(C)c1ccc(C(C)C)cc1.CC(C)c1ccc(Cl)cc1.CC(C)c1ccc(F)cc1.CC(C)c1ccc(I)cc1.CC(C)c1ccccc1.CCc1ccc(C(C)C)cc1.Cc1ccc(C(C)C)cc1.Cc1ccc(C(C)C)cc1.Cc1ccc(C(C)C)cc1.Cc1ccc(C(C)C)cc1.Cc1ccc(C(C)C)cc1.Cc1ccc(C(C)C)cc1. The molecule has 13 aromatic rings. The predicted molar refractivity (Wildman–Crippen MR) is 604 cm³/mol. The largest absolute Gasteiger partial charge is 0.207 e. The number of hydrogen-bond donors (Lipinski definition) is 0.